The lowest BCUT2D eigenvalue weighted by Crippen LogP contribution is -2.24. The molecule has 2 aromatic carbocycles. The Balaban J connectivity index is 0.00000127. The minimum atomic E-state index is -1.09. The molecule has 2 rings (SSSR count). The number of Topliss-reactive ketones (excluding diaryl/α,β-unsaturated/α-hetero) is 1. The average molecular weight is 372 g/mol. The minimum Gasteiger partial charge on any atom is -0.468 e. The summed E-state index contributed by atoms with van der Waals surface area (Å²) in [5.41, 5.74) is 0.658. The van der Waals surface area contributed by atoms with E-state index < -0.39 is 17.7 Å². The van der Waals surface area contributed by atoms with Crippen LogP contribution < -0.4 is 0 Å². The highest BCUT2D eigenvalue weighted by molar-refractivity contribution is 7.00. The third-order valence-electron chi connectivity index (χ3n) is 3.04. The van der Waals surface area contributed by atoms with E-state index in [1.165, 1.54) is 16.2 Å². The molecule has 0 aromatic heterocycles. The second-order valence-corrected chi connectivity index (χ2v) is 5.14. The van der Waals surface area contributed by atoms with Crippen LogP contribution in [0, 0.1) is 0 Å². The van der Waals surface area contributed by atoms with Gasteiger partial charge in [0.1, 0.15) is 5.92 Å². The predicted octanol–water partition coefficient (Wildman–Crippen LogP) is 4.34. The maximum atomic E-state index is 12.7. The molecule has 0 saturated carbocycles. The van der Waals surface area contributed by atoms with Crippen LogP contribution in [0.3, 0.4) is 0 Å². The van der Waals surface area contributed by atoms with E-state index in [0.29, 0.717) is 5.56 Å². The van der Waals surface area contributed by atoms with Crippen molar-refractivity contribution in [1.29, 1.82) is 0 Å². The number of rotatable bonds is 4. The Labute approximate surface area is 146 Å². The van der Waals surface area contributed by atoms with Crippen molar-refractivity contribution in [2.24, 2.45) is 0 Å². The van der Waals surface area contributed by atoms with Crippen molar-refractivity contribution in [1.82, 2.24) is 0 Å². The van der Waals surface area contributed by atoms with Crippen molar-refractivity contribution in [3.05, 3.63) is 69.7 Å². The number of esters is 1. The van der Waals surface area contributed by atoms with Crippen molar-refractivity contribution in [2.45, 2.75) is 5.92 Å². The van der Waals surface area contributed by atoms with Crippen LogP contribution in [0.1, 0.15) is 21.8 Å². The van der Waals surface area contributed by atoms with Gasteiger partial charge in [0.25, 0.3) is 0 Å². The molecule has 0 bridgehead atoms. The van der Waals surface area contributed by atoms with Gasteiger partial charge in [-0.2, -0.15) is 0 Å². The highest BCUT2D eigenvalue weighted by atomic mass is 35.5. The van der Waals surface area contributed by atoms with Gasteiger partial charge in [-0.1, -0.05) is 64.2 Å². The molecular formula is C16H14Cl2O4P+. The lowest BCUT2D eigenvalue weighted by atomic mass is 9.90. The maximum Gasteiger partial charge on any atom is 0.321 e. The molecule has 2 aromatic rings. The summed E-state index contributed by atoms with van der Waals surface area (Å²) < 4.78 is 12.9. The summed E-state index contributed by atoms with van der Waals surface area (Å²) in [5.74, 6) is -2.22. The fourth-order valence-electron chi connectivity index (χ4n) is 2.04. The topological polar surface area (TPSA) is 60.4 Å². The quantitative estimate of drug-likeness (QED) is 0.347. The minimum absolute atomic E-state index is 0.125. The summed E-state index contributed by atoms with van der Waals surface area (Å²) in [6.45, 7) is 0. The zero-order valence-electron chi connectivity index (χ0n) is 12.2. The Morgan fingerprint density at radius 3 is 1.96 bits per heavy atom. The number of methoxy groups -OCH3 is 1. The van der Waals surface area contributed by atoms with Crippen LogP contribution in [0.15, 0.2) is 48.5 Å². The summed E-state index contributed by atoms with van der Waals surface area (Å²) in [5, 5.41) is 0.412. The Morgan fingerprint density at radius 2 is 1.48 bits per heavy atom. The number of carbonyl (C=O) groups excluding carboxylic acids is 2. The second kappa shape index (κ2) is 9.41. The lowest BCUT2D eigenvalue weighted by Gasteiger charge is -2.15. The second-order valence-electron chi connectivity index (χ2n) is 4.33. The molecule has 0 aliphatic heterocycles. The Kier molecular flexibility index (Phi) is 7.90. The normalized spacial score (nSPS) is 10.9. The van der Waals surface area contributed by atoms with Gasteiger partial charge in [0.05, 0.1) is 22.7 Å². The number of hydrogen-bond acceptors (Lipinski definition) is 4. The zero-order chi connectivity index (χ0) is 17.4. The van der Waals surface area contributed by atoms with Gasteiger partial charge in [-0.15, -0.1) is 0 Å². The average Bonchev–Trinajstić information content (AvgIpc) is 2.57. The van der Waals surface area contributed by atoms with Gasteiger partial charge in [0.2, 0.25) is 0 Å². The number of carbonyl (C=O) groups is 2. The first-order chi connectivity index (χ1) is 11.1. The van der Waals surface area contributed by atoms with Crippen LogP contribution in [0.2, 0.25) is 10.0 Å². The molecule has 0 fully saturated rings. The first kappa shape index (κ1) is 19.3. The van der Waals surface area contributed by atoms with Crippen LogP contribution >= 0.6 is 32.3 Å². The van der Waals surface area contributed by atoms with Crippen LogP contribution in [0.5, 0.6) is 0 Å². The molecule has 4 nitrogen and oxygen atoms in total. The summed E-state index contributed by atoms with van der Waals surface area (Å²) in [6, 6.07) is 13.4. The van der Waals surface area contributed by atoms with Gasteiger partial charge in [-0.05, 0) is 17.7 Å². The maximum absolute atomic E-state index is 12.7. The number of ketones is 1. The highest BCUT2D eigenvalue weighted by Gasteiger charge is 2.32. The third-order valence-corrected chi connectivity index (χ3v) is 3.67. The first-order valence-corrected chi connectivity index (χ1v) is 7.63. The van der Waals surface area contributed by atoms with Gasteiger partial charge in [-0.25, -0.2) is 0 Å². The zero-order valence-corrected chi connectivity index (χ0v) is 14.8. The van der Waals surface area contributed by atoms with Crippen LogP contribution in [0.4, 0.5) is 0 Å². The van der Waals surface area contributed by atoms with E-state index in [0.717, 1.165) is 0 Å². The smallest absolute Gasteiger partial charge is 0.321 e. The summed E-state index contributed by atoms with van der Waals surface area (Å²) in [7, 11) is 2.40. The first-order valence-electron chi connectivity index (χ1n) is 6.41. The summed E-state index contributed by atoms with van der Waals surface area (Å²) >= 11 is 12.1. The van der Waals surface area contributed by atoms with E-state index >= 15 is 0 Å². The molecule has 0 N–H and O–H groups in total. The van der Waals surface area contributed by atoms with Gasteiger partial charge < -0.3 is 4.74 Å². The molecule has 120 valence electrons. The van der Waals surface area contributed by atoms with Crippen molar-refractivity contribution in [3.8, 4) is 0 Å². The summed E-state index contributed by atoms with van der Waals surface area (Å²) in [4.78, 5) is 24.7. The standard InChI is InChI=1S/C16H12Cl2O3.H2OP/c1-21-16(20)13(10-6-3-2-4-7-10)15(19)14-11(17)8-5-9-12(14)18;1-2/h2-9,13H,1H3;2H2/q;+1. The fraction of sp³-hybridized carbons (Fsp3) is 0.125. The van der Waals surface area contributed by atoms with Crippen molar-refractivity contribution in [2.75, 3.05) is 7.11 Å². The molecule has 7 heteroatoms. The predicted molar refractivity (Wildman–Crippen MR) is 92.4 cm³/mol. The number of benzene rings is 2. The van der Waals surface area contributed by atoms with E-state index in [1.807, 2.05) is 0 Å². The Bertz CT molecular complexity index is 671. The molecule has 0 spiro atoms. The molecule has 0 aliphatic rings. The largest absolute Gasteiger partial charge is 0.468 e. The lowest BCUT2D eigenvalue weighted by molar-refractivity contribution is -0.141. The Morgan fingerprint density at radius 1 is 0.957 bits per heavy atom. The number of halogens is 2. The number of ether oxygens (including phenoxy) is 1. The molecular weight excluding hydrogens is 358 g/mol. The number of hydrogen-bond donors (Lipinski definition) is 0. The van der Waals surface area contributed by atoms with Gasteiger partial charge in [0, 0.05) is 0 Å². The molecule has 2 unspecified atom stereocenters. The molecule has 0 heterocycles. The molecule has 0 aliphatic carbocycles. The van der Waals surface area contributed by atoms with Crippen LogP contribution in [-0.2, 0) is 14.1 Å². The van der Waals surface area contributed by atoms with Gasteiger partial charge in [-0.3, -0.25) is 9.59 Å². The monoisotopic (exact) mass is 371 g/mol. The van der Waals surface area contributed by atoms with E-state index in [9.17, 15) is 9.59 Å². The SMILES string of the molecule is COC(=O)C(C(=O)c1c(Cl)cccc1Cl)c1ccccc1.O=[PH2+]. The van der Waals surface area contributed by atoms with E-state index in [-0.39, 0.29) is 15.6 Å². The Hall–Kier alpha value is -1.74. The van der Waals surface area contributed by atoms with Crippen molar-refractivity contribution in [3.63, 3.8) is 0 Å². The van der Waals surface area contributed by atoms with Gasteiger partial charge in [0.15, 0.2) is 5.78 Å². The highest BCUT2D eigenvalue weighted by Crippen LogP contribution is 2.31. The van der Waals surface area contributed by atoms with E-state index in [4.69, 9.17) is 32.5 Å². The molecule has 0 amide bonds. The molecule has 0 radical (unpaired) electrons. The molecule has 2 atom stereocenters. The van der Waals surface area contributed by atoms with Crippen molar-refractivity contribution >= 4 is 44.1 Å². The van der Waals surface area contributed by atoms with E-state index in [2.05, 4.69) is 0 Å². The molecule has 23 heavy (non-hydrogen) atoms. The molecule has 0 saturated heterocycles. The summed E-state index contributed by atoms with van der Waals surface area (Å²) in [6.07, 6.45) is 0. The fourth-order valence-corrected chi connectivity index (χ4v) is 2.62. The van der Waals surface area contributed by atoms with Crippen molar-refractivity contribution < 1.29 is 18.9 Å². The third kappa shape index (κ3) is 4.61. The van der Waals surface area contributed by atoms with E-state index in [1.54, 1.807) is 48.5 Å². The van der Waals surface area contributed by atoms with Crippen LogP contribution in [-0.4, -0.2) is 18.9 Å². The van der Waals surface area contributed by atoms with Crippen LogP contribution in [0.25, 0.3) is 0 Å². The van der Waals surface area contributed by atoms with Gasteiger partial charge >= 0.3 is 15.1 Å².